The number of nitrogens with zero attached hydrogens (tertiary/aromatic N) is 1. The Morgan fingerprint density at radius 1 is 1.36 bits per heavy atom. The monoisotopic (exact) mass is 210 g/mol. The van der Waals surface area contributed by atoms with E-state index < -0.39 is 0 Å². The van der Waals surface area contributed by atoms with Gasteiger partial charge in [-0.3, -0.25) is 4.79 Å². The van der Waals surface area contributed by atoms with Crippen molar-refractivity contribution in [2.75, 3.05) is 5.75 Å². The second-order valence-corrected chi connectivity index (χ2v) is 5.49. The van der Waals surface area contributed by atoms with Crippen LogP contribution in [0.4, 0.5) is 0 Å². The highest BCUT2D eigenvalue weighted by Crippen LogP contribution is 2.44. The molecule has 2 fully saturated rings. The van der Waals surface area contributed by atoms with Crippen molar-refractivity contribution in [3.8, 4) is 0 Å². The number of aliphatic imine (C=N–C) groups is 1. The molecule has 1 N–H and O–H groups in total. The van der Waals surface area contributed by atoms with Gasteiger partial charge in [-0.25, -0.2) is 0 Å². The third-order valence-electron chi connectivity index (χ3n) is 3.61. The van der Waals surface area contributed by atoms with E-state index in [1.165, 1.54) is 25.7 Å². The van der Waals surface area contributed by atoms with Gasteiger partial charge in [0.1, 0.15) is 0 Å². The summed E-state index contributed by atoms with van der Waals surface area (Å²) in [4.78, 5) is 14.9. The predicted molar refractivity (Wildman–Crippen MR) is 57.3 cm³/mol. The molecule has 0 aromatic carbocycles. The number of fused-ring (bicyclic) bond motifs is 2. The van der Waals surface area contributed by atoms with Gasteiger partial charge in [0.05, 0.1) is 5.75 Å². The fourth-order valence-corrected chi connectivity index (χ4v) is 3.69. The Labute approximate surface area is 87.7 Å². The van der Waals surface area contributed by atoms with Crippen molar-refractivity contribution in [1.29, 1.82) is 0 Å². The average molecular weight is 210 g/mol. The molecule has 2 aliphatic carbocycles. The van der Waals surface area contributed by atoms with Crippen molar-refractivity contribution in [1.82, 2.24) is 5.32 Å². The Bertz CT molecular complexity index is 302. The third-order valence-corrected chi connectivity index (χ3v) is 4.48. The maximum atomic E-state index is 10.9. The van der Waals surface area contributed by atoms with Gasteiger partial charge in [-0.1, -0.05) is 18.2 Å². The summed E-state index contributed by atoms with van der Waals surface area (Å²) in [6.07, 6.45) is 5.47. The number of hydrogen-bond acceptors (Lipinski definition) is 3. The maximum Gasteiger partial charge on any atom is 0.258 e. The van der Waals surface area contributed by atoms with Gasteiger partial charge < -0.3 is 5.32 Å². The van der Waals surface area contributed by atoms with Gasteiger partial charge in [-0.15, -0.1) is 0 Å². The molecule has 0 aromatic heterocycles. The Balaban J connectivity index is 1.63. The molecule has 0 aromatic rings. The molecule has 2 bridgehead atoms. The van der Waals surface area contributed by atoms with Crippen LogP contribution in [-0.2, 0) is 4.79 Å². The lowest BCUT2D eigenvalue weighted by molar-refractivity contribution is -0.115. The van der Waals surface area contributed by atoms with E-state index >= 15 is 0 Å². The zero-order chi connectivity index (χ0) is 9.54. The molecule has 3 aliphatic rings. The van der Waals surface area contributed by atoms with E-state index in [0.29, 0.717) is 11.8 Å². The summed E-state index contributed by atoms with van der Waals surface area (Å²) in [5.41, 5.74) is 0. The van der Waals surface area contributed by atoms with Crippen molar-refractivity contribution in [3.05, 3.63) is 0 Å². The molecule has 0 unspecified atom stereocenters. The summed E-state index contributed by atoms with van der Waals surface area (Å²) in [6.45, 7) is 0. The molecule has 2 saturated carbocycles. The number of hydrogen-bond donors (Lipinski definition) is 1. The highest BCUT2D eigenvalue weighted by molar-refractivity contribution is 8.14. The lowest BCUT2D eigenvalue weighted by Crippen LogP contribution is -2.36. The quantitative estimate of drug-likeness (QED) is 0.711. The topological polar surface area (TPSA) is 41.5 Å². The standard InChI is InChI=1S/C10H14N2OS/c13-9-5-14-10(12-9)11-8-4-6-1-2-7(8)3-6/h6-8H,1-5H2,(H,11,12,13)/t6-,7+,8+/m1/s1. The molecule has 0 radical (unpaired) electrons. The van der Waals surface area contributed by atoms with E-state index in [9.17, 15) is 4.79 Å². The highest BCUT2D eigenvalue weighted by Gasteiger charge is 2.40. The van der Waals surface area contributed by atoms with Gasteiger partial charge in [0.2, 0.25) is 0 Å². The lowest BCUT2D eigenvalue weighted by Gasteiger charge is -2.23. The molecular weight excluding hydrogens is 196 g/mol. The zero-order valence-corrected chi connectivity index (χ0v) is 8.85. The van der Waals surface area contributed by atoms with Gasteiger partial charge in [0.25, 0.3) is 5.91 Å². The van der Waals surface area contributed by atoms with Gasteiger partial charge in [0.15, 0.2) is 5.17 Å². The van der Waals surface area contributed by atoms with Crippen LogP contribution in [0.1, 0.15) is 25.7 Å². The second-order valence-electron chi connectivity index (χ2n) is 4.53. The molecule has 3 rings (SSSR count). The normalized spacial score (nSPS) is 40.4. The summed E-state index contributed by atoms with van der Waals surface area (Å²) < 4.78 is 0. The summed E-state index contributed by atoms with van der Waals surface area (Å²) in [7, 11) is 0. The smallest absolute Gasteiger partial charge is 0.258 e. The van der Waals surface area contributed by atoms with Crippen LogP contribution < -0.4 is 5.32 Å². The van der Waals surface area contributed by atoms with E-state index in [1.54, 1.807) is 11.8 Å². The van der Waals surface area contributed by atoms with Crippen LogP contribution in [0.2, 0.25) is 0 Å². The van der Waals surface area contributed by atoms with Crippen LogP contribution in [0.3, 0.4) is 0 Å². The largest absolute Gasteiger partial charge is 0.361 e. The molecule has 1 amide bonds. The highest BCUT2D eigenvalue weighted by atomic mass is 32.2. The van der Waals surface area contributed by atoms with Gasteiger partial charge in [-0.05, 0) is 31.1 Å². The molecule has 3 nitrogen and oxygen atoms in total. The Morgan fingerprint density at radius 2 is 2.29 bits per heavy atom. The summed E-state index contributed by atoms with van der Waals surface area (Å²) in [5.74, 6) is 2.34. The van der Waals surface area contributed by atoms with Crippen LogP contribution in [0.25, 0.3) is 0 Å². The first-order valence-electron chi connectivity index (χ1n) is 5.32. The Kier molecular flexibility index (Phi) is 2.04. The van der Waals surface area contributed by atoms with Gasteiger partial charge in [-0.2, -0.15) is 4.99 Å². The lowest BCUT2D eigenvalue weighted by atomic mass is 9.96. The van der Waals surface area contributed by atoms with E-state index in [4.69, 9.17) is 0 Å². The maximum absolute atomic E-state index is 10.9. The van der Waals surface area contributed by atoms with Crippen LogP contribution in [0.15, 0.2) is 4.99 Å². The fraction of sp³-hybridized carbons (Fsp3) is 0.800. The molecule has 0 spiro atoms. The molecule has 1 heterocycles. The number of thioether (sulfide) groups is 1. The second kappa shape index (κ2) is 3.26. The van der Waals surface area contributed by atoms with E-state index in [1.807, 2.05) is 0 Å². The van der Waals surface area contributed by atoms with Crippen molar-refractivity contribution < 1.29 is 4.79 Å². The van der Waals surface area contributed by atoms with E-state index in [2.05, 4.69) is 10.3 Å². The molecule has 0 saturated heterocycles. The number of rotatable bonds is 1. The third kappa shape index (κ3) is 1.45. The van der Waals surface area contributed by atoms with Crippen LogP contribution >= 0.6 is 11.8 Å². The van der Waals surface area contributed by atoms with E-state index in [-0.39, 0.29) is 5.91 Å². The number of carbonyl (C=O) groups excluding carboxylic acids is 1. The first-order valence-corrected chi connectivity index (χ1v) is 6.30. The Morgan fingerprint density at radius 3 is 2.86 bits per heavy atom. The minimum atomic E-state index is 0.0145. The fourth-order valence-electron chi connectivity index (χ4n) is 2.96. The molecular formula is C10H14N2OS. The summed E-state index contributed by atoms with van der Waals surface area (Å²) in [6, 6.07) is 0.603. The van der Waals surface area contributed by atoms with Crippen molar-refractivity contribution in [2.45, 2.75) is 31.7 Å². The van der Waals surface area contributed by atoms with Crippen molar-refractivity contribution in [3.63, 3.8) is 0 Å². The van der Waals surface area contributed by atoms with E-state index in [0.717, 1.165) is 17.0 Å². The summed E-state index contributed by atoms with van der Waals surface area (Å²) >= 11 is 1.55. The zero-order valence-electron chi connectivity index (χ0n) is 8.03. The number of amidine groups is 1. The minimum absolute atomic E-state index is 0.0145. The number of amides is 1. The van der Waals surface area contributed by atoms with Gasteiger partial charge in [0, 0.05) is 6.04 Å². The molecule has 76 valence electrons. The average Bonchev–Trinajstić information content (AvgIpc) is 2.82. The van der Waals surface area contributed by atoms with Gasteiger partial charge >= 0.3 is 0 Å². The first kappa shape index (κ1) is 8.77. The van der Waals surface area contributed by atoms with Crippen molar-refractivity contribution in [2.24, 2.45) is 16.8 Å². The number of nitrogens with one attached hydrogen (secondary N) is 1. The minimum Gasteiger partial charge on any atom is -0.361 e. The van der Waals surface area contributed by atoms with Crippen LogP contribution in [-0.4, -0.2) is 22.9 Å². The Hall–Kier alpha value is -0.510. The molecule has 4 heteroatoms. The molecule has 14 heavy (non-hydrogen) atoms. The summed E-state index contributed by atoms with van der Waals surface area (Å²) in [5, 5.41) is 4.30. The van der Waals surface area contributed by atoms with Crippen LogP contribution in [0.5, 0.6) is 0 Å². The molecule has 3 atom stereocenters. The predicted octanol–water partition coefficient (Wildman–Crippen LogP) is 1.39. The number of carbonyl (C=O) groups is 1. The SMILES string of the molecule is O=C1CSC(N[C@H]2C[C@@H]3CC[C@H]2C3)=N1. The van der Waals surface area contributed by atoms with Crippen molar-refractivity contribution >= 4 is 22.8 Å². The first-order chi connectivity index (χ1) is 6.81. The van der Waals surface area contributed by atoms with Crippen LogP contribution in [0, 0.1) is 11.8 Å². The molecule has 1 aliphatic heterocycles.